The van der Waals surface area contributed by atoms with Gasteiger partial charge in [-0.05, 0) is 18.2 Å². The minimum atomic E-state index is 0.136. The van der Waals surface area contributed by atoms with Crippen molar-refractivity contribution in [1.82, 2.24) is 4.98 Å². The van der Waals surface area contributed by atoms with E-state index in [4.69, 9.17) is 4.74 Å². The number of nitrogens with zero attached hydrogens (tertiary/aromatic N) is 1. The molecule has 0 saturated carbocycles. The Morgan fingerprint density at radius 2 is 1.91 bits per heavy atom. The summed E-state index contributed by atoms with van der Waals surface area (Å²) in [6, 6.07) is 17.6. The van der Waals surface area contributed by atoms with Crippen molar-refractivity contribution in [2.45, 2.75) is 13.0 Å². The van der Waals surface area contributed by atoms with E-state index in [1.54, 1.807) is 0 Å². The lowest BCUT2D eigenvalue weighted by Gasteiger charge is -2.14. The quantitative estimate of drug-likeness (QED) is 0.719. The van der Waals surface area contributed by atoms with Crippen molar-refractivity contribution in [1.29, 1.82) is 0 Å². The van der Waals surface area contributed by atoms with E-state index in [2.05, 4.69) is 4.98 Å². The molecular weight excluding hydrogens is 286 g/mol. The highest BCUT2D eigenvalue weighted by molar-refractivity contribution is 6.03. The molecule has 0 saturated heterocycles. The highest BCUT2D eigenvalue weighted by Crippen LogP contribution is 2.29. The number of allylic oxidation sites excluding steroid dienone is 1. The summed E-state index contributed by atoms with van der Waals surface area (Å²) in [5, 5.41) is 1.11. The molecular formula is C20H15NO2. The molecule has 1 aliphatic carbocycles. The first-order valence-corrected chi connectivity index (χ1v) is 7.61. The van der Waals surface area contributed by atoms with Gasteiger partial charge >= 0.3 is 0 Å². The second-order valence-corrected chi connectivity index (χ2v) is 5.53. The standard InChI is InChI=1S/C20H15NO2/c22-19-9-3-7-17-16(19)6-4-10-20(17)23-13-15-12-11-14-5-1-2-8-18(14)21-15/h1-8,10-12H,9,13H2. The first-order chi connectivity index (χ1) is 11.3. The molecule has 3 aromatic rings. The number of carbonyl (C=O) groups excluding carboxylic acids is 1. The zero-order chi connectivity index (χ0) is 15.6. The van der Waals surface area contributed by atoms with Gasteiger partial charge < -0.3 is 4.74 Å². The van der Waals surface area contributed by atoms with Gasteiger partial charge in [-0.3, -0.25) is 4.79 Å². The van der Waals surface area contributed by atoms with Crippen molar-refractivity contribution in [3.63, 3.8) is 0 Å². The third-order valence-electron chi connectivity index (χ3n) is 3.99. The lowest BCUT2D eigenvalue weighted by Crippen LogP contribution is -2.07. The Kier molecular flexibility index (Phi) is 3.39. The van der Waals surface area contributed by atoms with Crippen LogP contribution < -0.4 is 4.74 Å². The highest BCUT2D eigenvalue weighted by Gasteiger charge is 2.16. The molecule has 0 N–H and O–H groups in total. The van der Waals surface area contributed by atoms with Crippen LogP contribution in [0, 0.1) is 0 Å². The second-order valence-electron chi connectivity index (χ2n) is 5.53. The Morgan fingerprint density at radius 3 is 2.87 bits per heavy atom. The Bertz CT molecular complexity index is 928. The van der Waals surface area contributed by atoms with Crippen LogP contribution in [0.2, 0.25) is 0 Å². The minimum Gasteiger partial charge on any atom is -0.487 e. The average molecular weight is 301 g/mol. The molecule has 1 aromatic heterocycles. The van der Waals surface area contributed by atoms with Crippen molar-refractivity contribution in [3.8, 4) is 5.75 Å². The minimum absolute atomic E-state index is 0.136. The fraction of sp³-hybridized carbons (Fsp3) is 0.100. The summed E-state index contributed by atoms with van der Waals surface area (Å²) >= 11 is 0. The summed E-state index contributed by atoms with van der Waals surface area (Å²) in [6.45, 7) is 0.378. The Balaban J connectivity index is 1.60. The van der Waals surface area contributed by atoms with Crippen LogP contribution in [0.25, 0.3) is 17.0 Å². The zero-order valence-electron chi connectivity index (χ0n) is 12.5. The molecule has 2 aromatic carbocycles. The van der Waals surface area contributed by atoms with Crippen LogP contribution in [-0.2, 0) is 6.61 Å². The van der Waals surface area contributed by atoms with Gasteiger partial charge in [0.05, 0.1) is 11.2 Å². The van der Waals surface area contributed by atoms with Gasteiger partial charge in [0.2, 0.25) is 0 Å². The van der Waals surface area contributed by atoms with Crippen molar-refractivity contribution in [2.75, 3.05) is 0 Å². The van der Waals surface area contributed by atoms with Crippen molar-refractivity contribution in [2.24, 2.45) is 0 Å². The van der Waals surface area contributed by atoms with E-state index < -0.39 is 0 Å². The van der Waals surface area contributed by atoms with Gasteiger partial charge in [0.15, 0.2) is 5.78 Å². The first kappa shape index (κ1) is 13.7. The summed E-state index contributed by atoms with van der Waals surface area (Å²) < 4.78 is 5.92. The number of hydrogen-bond acceptors (Lipinski definition) is 3. The number of benzene rings is 2. The summed E-state index contributed by atoms with van der Waals surface area (Å²) in [5.41, 5.74) is 3.42. The number of rotatable bonds is 3. The molecule has 0 unspecified atom stereocenters. The van der Waals surface area contributed by atoms with E-state index in [0.717, 1.165) is 33.5 Å². The summed E-state index contributed by atoms with van der Waals surface area (Å²) in [5.74, 6) is 0.860. The van der Waals surface area contributed by atoms with Gasteiger partial charge in [0.25, 0.3) is 0 Å². The molecule has 0 amide bonds. The van der Waals surface area contributed by atoms with E-state index >= 15 is 0 Å². The molecule has 23 heavy (non-hydrogen) atoms. The van der Waals surface area contributed by atoms with Gasteiger partial charge in [-0.2, -0.15) is 0 Å². The molecule has 0 spiro atoms. The van der Waals surface area contributed by atoms with Gasteiger partial charge in [-0.1, -0.05) is 48.6 Å². The van der Waals surface area contributed by atoms with Crippen LogP contribution in [0.4, 0.5) is 0 Å². The smallest absolute Gasteiger partial charge is 0.167 e. The normalized spacial score (nSPS) is 13.1. The number of fused-ring (bicyclic) bond motifs is 2. The molecule has 112 valence electrons. The predicted octanol–water partition coefficient (Wildman–Crippen LogP) is 4.41. The maximum atomic E-state index is 11.9. The van der Waals surface area contributed by atoms with Crippen LogP contribution in [-0.4, -0.2) is 10.8 Å². The Hall–Kier alpha value is -2.94. The number of hydrogen-bond donors (Lipinski definition) is 0. The van der Waals surface area contributed by atoms with E-state index in [1.807, 2.05) is 66.7 Å². The molecule has 4 rings (SSSR count). The van der Waals surface area contributed by atoms with Crippen molar-refractivity contribution in [3.05, 3.63) is 77.5 Å². The second kappa shape index (κ2) is 5.69. The number of pyridine rings is 1. The SMILES string of the molecule is O=C1CC=Cc2c(OCc3ccc4ccccc4n3)cccc21. The molecule has 0 atom stereocenters. The number of ether oxygens (including phenoxy) is 1. The topological polar surface area (TPSA) is 39.2 Å². The van der Waals surface area contributed by atoms with E-state index in [1.165, 1.54) is 0 Å². The van der Waals surface area contributed by atoms with Gasteiger partial charge in [0, 0.05) is 22.9 Å². The van der Waals surface area contributed by atoms with Crippen LogP contribution in [0.1, 0.15) is 28.0 Å². The maximum absolute atomic E-state index is 11.9. The number of Topliss-reactive ketones (excluding diaryl/α,β-unsaturated/α-hetero) is 1. The lowest BCUT2D eigenvalue weighted by molar-refractivity contribution is 0.0994. The third-order valence-corrected chi connectivity index (χ3v) is 3.99. The molecule has 0 aliphatic heterocycles. The van der Waals surface area contributed by atoms with Crippen LogP contribution in [0.15, 0.2) is 60.7 Å². The van der Waals surface area contributed by atoms with Crippen LogP contribution in [0.5, 0.6) is 5.75 Å². The molecule has 1 heterocycles. The van der Waals surface area contributed by atoms with E-state index in [9.17, 15) is 4.79 Å². The molecule has 1 aliphatic rings. The summed E-state index contributed by atoms with van der Waals surface area (Å²) in [7, 11) is 0. The maximum Gasteiger partial charge on any atom is 0.167 e. The third kappa shape index (κ3) is 2.61. The number of ketones is 1. The molecule has 0 radical (unpaired) electrons. The average Bonchev–Trinajstić information content (AvgIpc) is 2.60. The molecule has 0 fully saturated rings. The summed E-state index contributed by atoms with van der Waals surface area (Å²) in [4.78, 5) is 16.5. The first-order valence-electron chi connectivity index (χ1n) is 7.61. The summed E-state index contributed by atoms with van der Waals surface area (Å²) in [6.07, 6.45) is 4.30. The lowest BCUT2D eigenvalue weighted by atomic mass is 9.95. The van der Waals surface area contributed by atoms with Crippen LogP contribution >= 0.6 is 0 Å². The Morgan fingerprint density at radius 1 is 1.00 bits per heavy atom. The number of para-hydroxylation sites is 1. The molecule has 3 nitrogen and oxygen atoms in total. The van der Waals surface area contributed by atoms with Gasteiger partial charge in [-0.15, -0.1) is 0 Å². The zero-order valence-corrected chi connectivity index (χ0v) is 12.5. The van der Waals surface area contributed by atoms with Gasteiger partial charge in [-0.25, -0.2) is 4.98 Å². The molecule has 3 heteroatoms. The largest absolute Gasteiger partial charge is 0.487 e. The van der Waals surface area contributed by atoms with Gasteiger partial charge in [0.1, 0.15) is 12.4 Å². The van der Waals surface area contributed by atoms with E-state index in [0.29, 0.717) is 13.0 Å². The fourth-order valence-corrected chi connectivity index (χ4v) is 2.82. The molecule has 0 bridgehead atoms. The van der Waals surface area contributed by atoms with E-state index in [-0.39, 0.29) is 5.78 Å². The monoisotopic (exact) mass is 301 g/mol. The Labute approximate surface area is 134 Å². The van der Waals surface area contributed by atoms with Crippen molar-refractivity contribution < 1.29 is 9.53 Å². The van der Waals surface area contributed by atoms with Crippen LogP contribution in [0.3, 0.4) is 0 Å². The number of carbonyl (C=O) groups is 1. The fourth-order valence-electron chi connectivity index (χ4n) is 2.82. The number of aromatic nitrogens is 1. The predicted molar refractivity (Wildman–Crippen MR) is 90.5 cm³/mol. The highest BCUT2D eigenvalue weighted by atomic mass is 16.5. The van der Waals surface area contributed by atoms with Crippen molar-refractivity contribution >= 4 is 22.8 Å².